The molecule has 1 unspecified atom stereocenters. The molecule has 0 aromatic carbocycles. The van der Waals surface area contributed by atoms with Gasteiger partial charge in [-0.25, -0.2) is 0 Å². The zero-order chi connectivity index (χ0) is 14.3. The topological polar surface area (TPSA) is 65.0 Å². The monoisotopic (exact) mass is 273 g/mol. The summed E-state index contributed by atoms with van der Waals surface area (Å²) in [4.78, 5) is 15.4. The number of hydrogen-bond donors (Lipinski definition) is 2. The Morgan fingerprint density at radius 3 is 2.63 bits per heavy atom. The van der Waals surface area contributed by atoms with Gasteiger partial charge in [0.1, 0.15) is 0 Å². The summed E-state index contributed by atoms with van der Waals surface area (Å²) < 4.78 is 4.89. The van der Waals surface area contributed by atoms with Gasteiger partial charge < -0.3 is 20.1 Å². The average Bonchev–Trinajstić information content (AvgIpc) is 2.38. The molecule has 0 aliphatic carbocycles. The number of aliphatic hydroxyl groups excluding tert-OH is 1. The zero-order valence-electron chi connectivity index (χ0n) is 12.3. The number of methoxy groups -OCH3 is 1. The van der Waals surface area contributed by atoms with Crippen molar-refractivity contribution in [3.8, 4) is 0 Å². The molecule has 2 N–H and O–H groups in total. The number of nitrogens with zero attached hydrogens (tertiary/aromatic N) is 2. The van der Waals surface area contributed by atoms with Crippen molar-refractivity contribution in [2.45, 2.75) is 25.0 Å². The lowest BCUT2D eigenvalue weighted by Gasteiger charge is -2.32. The van der Waals surface area contributed by atoms with Crippen molar-refractivity contribution in [3.63, 3.8) is 0 Å². The Labute approximate surface area is 115 Å². The van der Waals surface area contributed by atoms with E-state index in [0.29, 0.717) is 25.7 Å². The van der Waals surface area contributed by atoms with Crippen molar-refractivity contribution in [2.24, 2.45) is 0 Å². The molecule has 0 aromatic heterocycles. The number of hydrogen-bond acceptors (Lipinski definition) is 5. The molecule has 1 heterocycles. The van der Waals surface area contributed by atoms with Crippen LogP contribution in [0.1, 0.15) is 12.8 Å². The number of aliphatic hydroxyl groups is 1. The Kier molecular flexibility index (Phi) is 7.30. The van der Waals surface area contributed by atoms with Crippen molar-refractivity contribution in [1.29, 1.82) is 0 Å². The Bertz CT molecular complexity index is 266. The minimum Gasteiger partial charge on any atom is -0.389 e. The molecule has 1 amide bonds. The molecule has 0 saturated carbocycles. The van der Waals surface area contributed by atoms with Crippen LogP contribution >= 0.6 is 0 Å². The molecule has 112 valence electrons. The number of rotatable bonds is 7. The van der Waals surface area contributed by atoms with Crippen LogP contribution in [0, 0.1) is 0 Å². The van der Waals surface area contributed by atoms with E-state index in [4.69, 9.17) is 4.74 Å². The van der Waals surface area contributed by atoms with E-state index in [9.17, 15) is 9.90 Å². The van der Waals surface area contributed by atoms with Gasteiger partial charge in [0.15, 0.2) is 0 Å². The summed E-state index contributed by atoms with van der Waals surface area (Å²) in [5.74, 6) is 0.155. The van der Waals surface area contributed by atoms with Crippen LogP contribution in [0.3, 0.4) is 0 Å². The summed E-state index contributed by atoms with van der Waals surface area (Å²) in [5.41, 5.74) is 0. The number of likely N-dealkylation sites (N-methyl/N-ethyl adjacent to an activating group) is 1. The highest BCUT2D eigenvalue weighted by molar-refractivity contribution is 5.77. The van der Waals surface area contributed by atoms with Crippen LogP contribution in [0.5, 0.6) is 0 Å². The highest BCUT2D eigenvalue weighted by Crippen LogP contribution is 2.10. The summed E-state index contributed by atoms with van der Waals surface area (Å²) in [7, 11) is 5.16. The highest BCUT2D eigenvalue weighted by Gasteiger charge is 2.21. The number of likely N-dealkylation sites (tertiary alicyclic amines) is 1. The maximum atomic E-state index is 11.6. The molecule has 6 heteroatoms. The fraction of sp³-hybridized carbons (Fsp3) is 0.923. The van der Waals surface area contributed by atoms with Crippen molar-refractivity contribution in [3.05, 3.63) is 0 Å². The number of nitrogens with one attached hydrogen (secondary N) is 1. The van der Waals surface area contributed by atoms with Gasteiger partial charge in [0.25, 0.3) is 0 Å². The van der Waals surface area contributed by atoms with Crippen molar-refractivity contribution in [2.75, 3.05) is 54.0 Å². The number of carbonyl (C=O) groups excluding carboxylic acids is 1. The molecule has 0 aromatic rings. The SMILES string of the molecule is COCC(O)CNC1CCN(CC(=O)N(C)C)CC1. The van der Waals surface area contributed by atoms with Gasteiger partial charge in [-0.2, -0.15) is 0 Å². The third-order valence-corrected chi connectivity index (χ3v) is 3.45. The molecule has 0 radical (unpaired) electrons. The van der Waals surface area contributed by atoms with Gasteiger partial charge in [-0.15, -0.1) is 0 Å². The van der Waals surface area contributed by atoms with Crippen LogP contribution in [0.4, 0.5) is 0 Å². The normalized spacial score (nSPS) is 19.4. The Balaban J connectivity index is 2.16. The van der Waals surface area contributed by atoms with E-state index >= 15 is 0 Å². The second kappa shape index (κ2) is 8.47. The van der Waals surface area contributed by atoms with Gasteiger partial charge >= 0.3 is 0 Å². The summed E-state index contributed by atoms with van der Waals surface area (Å²) in [6.45, 7) is 3.29. The molecule has 0 bridgehead atoms. The first-order valence-electron chi connectivity index (χ1n) is 6.85. The van der Waals surface area contributed by atoms with Crippen molar-refractivity contribution in [1.82, 2.24) is 15.1 Å². The van der Waals surface area contributed by atoms with Gasteiger partial charge in [0, 0.05) is 46.9 Å². The predicted octanol–water partition coefficient (Wildman–Crippen LogP) is -0.864. The van der Waals surface area contributed by atoms with Crippen LogP contribution < -0.4 is 5.32 Å². The Morgan fingerprint density at radius 1 is 1.47 bits per heavy atom. The van der Waals surface area contributed by atoms with Crippen LogP contribution in [-0.2, 0) is 9.53 Å². The number of ether oxygens (including phenoxy) is 1. The van der Waals surface area contributed by atoms with Gasteiger partial charge in [0.2, 0.25) is 5.91 Å². The number of piperidine rings is 1. The third-order valence-electron chi connectivity index (χ3n) is 3.45. The first-order chi connectivity index (χ1) is 9.02. The summed E-state index contributed by atoms with van der Waals surface area (Å²) in [6.07, 6.45) is 1.58. The first-order valence-corrected chi connectivity index (χ1v) is 6.85. The number of amides is 1. The smallest absolute Gasteiger partial charge is 0.236 e. The van der Waals surface area contributed by atoms with Gasteiger partial charge in [0.05, 0.1) is 19.3 Å². The minimum absolute atomic E-state index is 0.155. The molecule has 1 fully saturated rings. The second-order valence-corrected chi connectivity index (χ2v) is 5.36. The quantitative estimate of drug-likeness (QED) is 0.632. The molecule has 1 saturated heterocycles. The molecular weight excluding hydrogens is 246 g/mol. The molecule has 1 aliphatic rings. The lowest BCUT2D eigenvalue weighted by atomic mass is 10.0. The predicted molar refractivity (Wildman–Crippen MR) is 74.0 cm³/mol. The minimum atomic E-state index is -0.446. The third kappa shape index (κ3) is 6.33. The fourth-order valence-electron chi connectivity index (χ4n) is 2.18. The molecule has 0 spiro atoms. The van der Waals surface area contributed by atoms with Gasteiger partial charge in [-0.05, 0) is 12.8 Å². The van der Waals surface area contributed by atoms with Crippen LogP contribution in [0.2, 0.25) is 0 Å². The first kappa shape index (κ1) is 16.4. The lowest BCUT2D eigenvalue weighted by molar-refractivity contribution is -0.130. The summed E-state index contributed by atoms with van der Waals surface area (Å²) >= 11 is 0. The Morgan fingerprint density at radius 2 is 2.11 bits per heavy atom. The standard InChI is InChI=1S/C13H27N3O3/c1-15(2)13(18)9-16-6-4-11(5-7-16)14-8-12(17)10-19-3/h11-12,14,17H,4-10H2,1-3H3. The summed E-state index contributed by atoms with van der Waals surface area (Å²) in [5, 5.41) is 12.9. The van der Waals surface area contributed by atoms with E-state index < -0.39 is 6.10 Å². The van der Waals surface area contributed by atoms with Gasteiger partial charge in [-0.1, -0.05) is 0 Å². The summed E-state index contributed by atoms with van der Waals surface area (Å²) in [6, 6.07) is 0.428. The van der Waals surface area contributed by atoms with Crippen LogP contribution in [0.15, 0.2) is 0 Å². The fourth-order valence-corrected chi connectivity index (χ4v) is 2.18. The highest BCUT2D eigenvalue weighted by atomic mass is 16.5. The van der Waals surface area contributed by atoms with Crippen molar-refractivity contribution >= 4 is 5.91 Å². The van der Waals surface area contributed by atoms with Crippen LogP contribution in [-0.4, -0.2) is 87.0 Å². The molecule has 1 rings (SSSR count). The van der Waals surface area contributed by atoms with E-state index in [1.807, 2.05) is 0 Å². The van der Waals surface area contributed by atoms with E-state index in [1.165, 1.54) is 0 Å². The largest absolute Gasteiger partial charge is 0.389 e. The molecule has 1 atom stereocenters. The van der Waals surface area contributed by atoms with E-state index in [-0.39, 0.29) is 5.91 Å². The van der Waals surface area contributed by atoms with E-state index in [2.05, 4.69) is 10.2 Å². The maximum absolute atomic E-state index is 11.6. The van der Waals surface area contributed by atoms with E-state index in [1.54, 1.807) is 26.1 Å². The van der Waals surface area contributed by atoms with Crippen LogP contribution in [0.25, 0.3) is 0 Å². The molecular formula is C13H27N3O3. The molecule has 6 nitrogen and oxygen atoms in total. The lowest BCUT2D eigenvalue weighted by Crippen LogP contribution is -2.47. The molecule has 19 heavy (non-hydrogen) atoms. The van der Waals surface area contributed by atoms with Gasteiger partial charge in [-0.3, -0.25) is 9.69 Å². The van der Waals surface area contributed by atoms with E-state index in [0.717, 1.165) is 25.9 Å². The molecule has 1 aliphatic heterocycles. The average molecular weight is 273 g/mol. The Hall–Kier alpha value is -0.690. The van der Waals surface area contributed by atoms with Crippen molar-refractivity contribution < 1.29 is 14.6 Å². The second-order valence-electron chi connectivity index (χ2n) is 5.36. The number of carbonyl (C=O) groups is 1. The zero-order valence-corrected chi connectivity index (χ0v) is 12.3. The maximum Gasteiger partial charge on any atom is 0.236 e.